The third kappa shape index (κ3) is 4.60. The molecule has 5 heterocycles. The Balaban J connectivity index is 1.17. The van der Waals surface area contributed by atoms with Gasteiger partial charge in [-0.3, -0.25) is 4.90 Å². The van der Waals surface area contributed by atoms with Gasteiger partial charge in [-0.25, -0.2) is 13.2 Å². The van der Waals surface area contributed by atoms with Crippen molar-refractivity contribution in [2.75, 3.05) is 39.3 Å². The van der Waals surface area contributed by atoms with Crippen LogP contribution < -0.4 is 10.1 Å². The molecule has 2 bridgehead atoms. The summed E-state index contributed by atoms with van der Waals surface area (Å²) < 4.78 is 39.4. The van der Waals surface area contributed by atoms with Gasteiger partial charge in [-0.15, -0.1) is 0 Å². The number of ether oxygens (including phenoxy) is 2. The molecule has 0 saturated carbocycles. The van der Waals surface area contributed by atoms with Gasteiger partial charge in [0.2, 0.25) is 10.0 Å². The smallest absolute Gasteiger partial charge is 0.407 e. The van der Waals surface area contributed by atoms with Crippen molar-refractivity contribution in [3.05, 3.63) is 48.0 Å². The summed E-state index contributed by atoms with van der Waals surface area (Å²) in [7, 11) is -3.49. The molecule has 7 rings (SSSR count). The maximum absolute atomic E-state index is 13.0. The maximum Gasteiger partial charge on any atom is 0.407 e. The van der Waals surface area contributed by atoms with Gasteiger partial charge in [0.05, 0.1) is 17.5 Å². The van der Waals surface area contributed by atoms with Crippen molar-refractivity contribution < 1.29 is 22.7 Å². The SMILES string of the molecule is O=C(NC1CCOc2cc(-c3cccc(S(=O)(=O)N4CCCC4)c3)ccc21)O[C@H]1CN2CCC1CC2. The van der Waals surface area contributed by atoms with Crippen molar-refractivity contribution in [2.45, 2.75) is 49.1 Å². The van der Waals surface area contributed by atoms with Crippen LogP contribution in [0.2, 0.25) is 0 Å². The van der Waals surface area contributed by atoms with Crippen LogP contribution in [0.3, 0.4) is 0 Å². The van der Waals surface area contributed by atoms with Crippen molar-refractivity contribution in [3.8, 4) is 16.9 Å². The molecule has 1 amide bonds. The zero-order valence-electron chi connectivity index (χ0n) is 20.4. The van der Waals surface area contributed by atoms with Crippen LogP contribution in [0.1, 0.15) is 43.7 Å². The van der Waals surface area contributed by atoms with Crippen LogP contribution >= 0.6 is 0 Å². The summed E-state index contributed by atoms with van der Waals surface area (Å²) in [6.07, 6.45) is 4.29. The first kappa shape index (κ1) is 23.8. The normalized spacial score (nSPS) is 27.8. The molecule has 0 aromatic heterocycles. The van der Waals surface area contributed by atoms with Crippen LogP contribution in [0.15, 0.2) is 47.4 Å². The van der Waals surface area contributed by atoms with E-state index >= 15 is 0 Å². The van der Waals surface area contributed by atoms with Crippen LogP contribution in [0.5, 0.6) is 5.75 Å². The number of carbonyl (C=O) groups excluding carboxylic acids is 1. The fourth-order valence-electron chi connectivity index (χ4n) is 5.99. The number of sulfonamides is 1. The third-order valence-corrected chi connectivity index (χ3v) is 9.96. The highest BCUT2D eigenvalue weighted by molar-refractivity contribution is 7.89. The molecule has 2 atom stereocenters. The molecule has 4 fully saturated rings. The van der Waals surface area contributed by atoms with Crippen LogP contribution in [0.4, 0.5) is 4.79 Å². The Morgan fingerprint density at radius 2 is 1.75 bits per heavy atom. The first-order valence-electron chi connectivity index (χ1n) is 13.0. The zero-order chi connectivity index (χ0) is 24.7. The summed E-state index contributed by atoms with van der Waals surface area (Å²) in [6, 6.07) is 12.8. The van der Waals surface area contributed by atoms with E-state index in [0.29, 0.717) is 42.7 Å². The van der Waals surface area contributed by atoms with Gasteiger partial charge in [-0.1, -0.05) is 24.3 Å². The van der Waals surface area contributed by atoms with Crippen LogP contribution in [0, 0.1) is 5.92 Å². The number of hydrogen-bond donors (Lipinski definition) is 1. The second-order valence-electron chi connectivity index (χ2n) is 10.3. The maximum atomic E-state index is 13.0. The molecule has 5 aliphatic heterocycles. The Labute approximate surface area is 212 Å². The Bertz CT molecular complexity index is 1240. The van der Waals surface area contributed by atoms with Crippen LogP contribution in [0.25, 0.3) is 11.1 Å². The van der Waals surface area contributed by atoms with Gasteiger partial charge >= 0.3 is 6.09 Å². The van der Waals surface area contributed by atoms with Crippen molar-refractivity contribution in [1.29, 1.82) is 0 Å². The fraction of sp³-hybridized carbons (Fsp3) is 0.519. The van der Waals surface area contributed by atoms with Gasteiger partial charge in [-0.2, -0.15) is 4.31 Å². The summed E-state index contributed by atoms with van der Waals surface area (Å²) in [5.74, 6) is 1.18. The number of fused-ring (bicyclic) bond motifs is 4. The number of nitrogens with one attached hydrogen (secondary N) is 1. The Hall–Kier alpha value is -2.62. The second kappa shape index (κ2) is 9.68. The van der Waals surface area contributed by atoms with E-state index in [0.717, 1.165) is 62.0 Å². The van der Waals surface area contributed by atoms with E-state index in [1.807, 2.05) is 24.3 Å². The highest BCUT2D eigenvalue weighted by atomic mass is 32.2. The summed E-state index contributed by atoms with van der Waals surface area (Å²) in [5.41, 5.74) is 2.61. The van der Waals surface area contributed by atoms with Gasteiger partial charge in [-0.05, 0) is 74.0 Å². The predicted molar refractivity (Wildman–Crippen MR) is 135 cm³/mol. The topological polar surface area (TPSA) is 88.2 Å². The van der Waals surface area contributed by atoms with E-state index in [1.54, 1.807) is 22.5 Å². The molecule has 36 heavy (non-hydrogen) atoms. The minimum Gasteiger partial charge on any atom is -0.493 e. The van der Waals surface area contributed by atoms with Crippen LogP contribution in [-0.4, -0.2) is 69.2 Å². The molecule has 1 N–H and O–H groups in total. The molecular formula is C27H33N3O5S. The molecule has 2 aromatic carbocycles. The van der Waals surface area contributed by atoms with Crippen LogP contribution in [-0.2, 0) is 14.8 Å². The van der Waals surface area contributed by atoms with E-state index in [-0.39, 0.29) is 18.2 Å². The molecule has 5 aliphatic rings. The number of rotatable bonds is 5. The highest BCUT2D eigenvalue weighted by Gasteiger charge is 2.37. The minimum atomic E-state index is -3.49. The second-order valence-corrected chi connectivity index (χ2v) is 12.2. The summed E-state index contributed by atoms with van der Waals surface area (Å²) in [4.78, 5) is 15.4. The molecule has 0 radical (unpaired) electrons. The first-order valence-corrected chi connectivity index (χ1v) is 14.5. The minimum absolute atomic E-state index is 0.0294. The van der Waals surface area contributed by atoms with Crippen molar-refractivity contribution in [2.24, 2.45) is 5.92 Å². The van der Waals surface area contributed by atoms with Gasteiger partial charge in [0, 0.05) is 31.6 Å². The van der Waals surface area contributed by atoms with Gasteiger partial charge < -0.3 is 14.8 Å². The molecule has 2 aromatic rings. The number of carbonyl (C=O) groups is 1. The van der Waals surface area contributed by atoms with Crippen molar-refractivity contribution in [1.82, 2.24) is 14.5 Å². The van der Waals surface area contributed by atoms with Gasteiger partial charge in [0.1, 0.15) is 11.9 Å². The lowest BCUT2D eigenvalue weighted by molar-refractivity contribution is -0.0342. The Morgan fingerprint density at radius 1 is 0.972 bits per heavy atom. The Kier molecular flexibility index (Phi) is 6.39. The molecule has 0 aliphatic carbocycles. The summed E-state index contributed by atoms with van der Waals surface area (Å²) in [6.45, 7) is 4.69. The first-order chi connectivity index (χ1) is 17.5. The standard InChI is InChI=1S/C27H33N3O5S/c31-27(35-26-18-29-13-8-19(26)9-14-29)28-24-10-15-34-25-17-21(6-7-23(24)25)20-4-3-5-22(16-20)36(32,33)30-11-1-2-12-30/h3-7,16-17,19,24,26H,1-2,8-15,18H2,(H,28,31)/t24?,26-/m0/s1. The number of alkyl carbamates (subject to hydrolysis) is 1. The average Bonchev–Trinajstić information content (AvgIpc) is 3.46. The number of piperidine rings is 3. The lowest BCUT2D eigenvalue weighted by Gasteiger charge is -2.44. The van der Waals surface area contributed by atoms with E-state index in [9.17, 15) is 13.2 Å². The van der Waals surface area contributed by atoms with E-state index in [1.165, 1.54) is 0 Å². The number of nitrogens with zero attached hydrogens (tertiary/aromatic N) is 2. The molecule has 192 valence electrons. The predicted octanol–water partition coefficient (Wildman–Crippen LogP) is 3.78. The monoisotopic (exact) mass is 511 g/mol. The lowest BCUT2D eigenvalue weighted by atomic mass is 9.86. The molecule has 1 unspecified atom stereocenters. The number of amides is 1. The van der Waals surface area contributed by atoms with Gasteiger partial charge in [0.15, 0.2) is 0 Å². The van der Waals surface area contributed by atoms with Gasteiger partial charge in [0.25, 0.3) is 0 Å². The van der Waals surface area contributed by atoms with E-state index in [4.69, 9.17) is 9.47 Å². The highest BCUT2D eigenvalue weighted by Crippen LogP contribution is 2.37. The molecule has 4 saturated heterocycles. The zero-order valence-corrected chi connectivity index (χ0v) is 21.2. The largest absolute Gasteiger partial charge is 0.493 e. The summed E-state index contributed by atoms with van der Waals surface area (Å²) in [5, 5.41) is 3.06. The number of benzene rings is 2. The van der Waals surface area contributed by atoms with Crippen molar-refractivity contribution in [3.63, 3.8) is 0 Å². The molecular weight excluding hydrogens is 478 g/mol. The molecule has 8 nitrogen and oxygen atoms in total. The quantitative estimate of drug-likeness (QED) is 0.657. The average molecular weight is 512 g/mol. The van der Waals surface area contributed by atoms with Crippen molar-refractivity contribution >= 4 is 16.1 Å². The molecule has 0 spiro atoms. The molecule has 9 heteroatoms. The third-order valence-electron chi connectivity index (χ3n) is 8.07. The van der Waals surface area contributed by atoms with E-state index in [2.05, 4.69) is 10.2 Å². The van der Waals surface area contributed by atoms with E-state index < -0.39 is 10.0 Å². The number of hydrogen-bond acceptors (Lipinski definition) is 6. The summed E-state index contributed by atoms with van der Waals surface area (Å²) >= 11 is 0. The Morgan fingerprint density at radius 3 is 2.50 bits per heavy atom. The lowest BCUT2D eigenvalue weighted by Crippen LogP contribution is -2.52. The fourth-order valence-corrected chi connectivity index (χ4v) is 7.55.